The lowest BCUT2D eigenvalue weighted by Crippen LogP contribution is -2.30. The number of hydrogen-bond acceptors (Lipinski definition) is 15. The number of carbonyl (C=O) groups is 4. The number of aliphatic hydroxyl groups excluding tert-OH is 1. The zero-order chi connectivity index (χ0) is 71.8. The number of unbranched alkanes of at least 4 members (excludes halogenated alkanes) is 27. The molecule has 0 rings (SSSR count). The standard InChI is InChI=1S/C79H136O17P2/c1-5-9-13-17-21-25-29-32-34-36-38-41-44-47-51-55-59-63-76(81)89-69-74(95-78(83)65-61-57-53-49-43-28-24-20-16-12-8-4)71-93-97(85,86)91-67-73(80)68-92-98(87,88)94-72-75(96-79(84)66-62-58-54-50-46-40-31-27-23-19-15-11-7-3)70-90-77(82)64-60-56-52-48-45-42-39-37-35-33-30-26-22-18-14-10-6-2/h9-10,13-14,20-22,24-27,31-35,39,42,73-75,80H,5-8,11-12,15-19,23,28-30,36-38,40-41,43-72H2,1-4H3,(H,85,86)(H,87,88)/b13-9-,14-10-,24-20-,25-21-,26-22-,31-27-,34-32-,35-33-,42-39-. The summed E-state index contributed by atoms with van der Waals surface area (Å²) in [6.07, 6.45) is 75.1. The van der Waals surface area contributed by atoms with Crippen molar-refractivity contribution in [1.29, 1.82) is 0 Å². The minimum atomic E-state index is -4.98. The molecule has 0 heterocycles. The molecule has 17 nitrogen and oxygen atoms in total. The van der Waals surface area contributed by atoms with Gasteiger partial charge in [-0.25, -0.2) is 9.13 Å². The van der Waals surface area contributed by atoms with Crippen molar-refractivity contribution in [3.8, 4) is 0 Å². The van der Waals surface area contributed by atoms with Crippen LogP contribution in [0, 0.1) is 0 Å². The van der Waals surface area contributed by atoms with Gasteiger partial charge in [-0.15, -0.1) is 0 Å². The molecular formula is C79H136O17P2. The third-order valence-electron chi connectivity index (χ3n) is 15.7. The number of ether oxygens (including phenoxy) is 4. The van der Waals surface area contributed by atoms with Gasteiger partial charge in [-0.2, -0.15) is 0 Å². The minimum absolute atomic E-state index is 0.0783. The summed E-state index contributed by atoms with van der Waals surface area (Å²) in [4.78, 5) is 72.8. The molecule has 5 atom stereocenters. The second-order valence-electron chi connectivity index (χ2n) is 25.2. The Morgan fingerprint density at radius 3 is 0.857 bits per heavy atom. The molecule has 0 aromatic rings. The van der Waals surface area contributed by atoms with Gasteiger partial charge in [-0.1, -0.05) is 253 Å². The smallest absolute Gasteiger partial charge is 0.462 e. The van der Waals surface area contributed by atoms with Crippen LogP contribution < -0.4 is 0 Å². The van der Waals surface area contributed by atoms with Crippen LogP contribution in [-0.4, -0.2) is 96.7 Å². The van der Waals surface area contributed by atoms with Gasteiger partial charge in [-0.05, 0) is 141 Å². The predicted octanol–water partition coefficient (Wildman–Crippen LogP) is 21.8. The number of phosphoric ester groups is 2. The van der Waals surface area contributed by atoms with Crippen LogP contribution in [0.4, 0.5) is 0 Å². The molecule has 0 aliphatic carbocycles. The Kier molecular flexibility index (Phi) is 68.0. The number of phosphoric acid groups is 2. The van der Waals surface area contributed by atoms with Crippen LogP contribution >= 0.6 is 15.6 Å². The molecule has 0 amide bonds. The molecule has 0 radical (unpaired) electrons. The van der Waals surface area contributed by atoms with Crippen molar-refractivity contribution < 1.29 is 80.2 Å². The summed E-state index contributed by atoms with van der Waals surface area (Å²) in [5, 5.41) is 10.6. The van der Waals surface area contributed by atoms with Crippen LogP contribution in [-0.2, 0) is 65.4 Å². The first-order chi connectivity index (χ1) is 47.7. The van der Waals surface area contributed by atoms with Crippen LogP contribution in [0.5, 0.6) is 0 Å². The number of allylic oxidation sites excluding steroid dienone is 18. The Balaban J connectivity index is 5.33. The van der Waals surface area contributed by atoms with Crippen LogP contribution in [0.2, 0.25) is 0 Å². The average molecular weight is 1420 g/mol. The maximum Gasteiger partial charge on any atom is 0.472 e. The molecule has 0 aromatic heterocycles. The van der Waals surface area contributed by atoms with E-state index < -0.39 is 97.5 Å². The second-order valence-corrected chi connectivity index (χ2v) is 28.1. The van der Waals surface area contributed by atoms with Gasteiger partial charge in [0.1, 0.15) is 19.3 Å². The predicted molar refractivity (Wildman–Crippen MR) is 399 cm³/mol. The van der Waals surface area contributed by atoms with E-state index in [1.165, 1.54) is 38.5 Å². The summed E-state index contributed by atoms with van der Waals surface area (Å²) in [5.74, 6) is -2.22. The maximum absolute atomic E-state index is 13.1. The molecule has 0 saturated carbocycles. The first-order valence-electron chi connectivity index (χ1n) is 38.1. The SMILES string of the molecule is CC/C=C\C/C=C\C/C=C\C/C=C\CCCCCCC(=O)OCC(COP(=O)(O)OCC(O)COP(=O)(O)OCC(COC(=O)CCCCCCCCC/C=C\C/C=C\C/C=C\CC)OC(=O)CCCCCCC/C=C\CCCC)OC(=O)CCCCCCC/C=C\CCCCCC. The van der Waals surface area contributed by atoms with Gasteiger partial charge in [0, 0.05) is 25.7 Å². The lowest BCUT2D eigenvalue weighted by molar-refractivity contribution is -0.161. The quantitative estimate of drug-likeness (QED) is 0.0169. The zero-order valence-corrected chi connectivity index (χ0v) is 63.2. The lowest BCUT2D eigenvalue weighted by Gasteiger charge is -2.21. The molecule has 19 heteroatoms. The van der Waals surface area contributed by atoms with E-state index in [1.807, 2.05) is 0 Å². The molecule has 3 N–H and O–H groups in total. The van der Waals surface area contributed by atoms with E-state index in [0.29, 0.717) is 25.7 Å². The second kappa shape index (κ2) is 71.1. The summed E-state index contributed by atoms with van der Waals surface area (Å²) < 4.78 is 68.4. The molecule has 0 bridgehead atoms. The molecular weight excluding hydrogens is 1280 g/mol. The molecule has 0 fully saturated rings. The van der Waals surface area contributed by atoms with Gasteiger partial charge < -0.3 is 33.8 Å². The Morgan fingerprint density at radius 1 is 0.296 bits per heavy atom. The largest absolute Gasteiger partial charge is 0.472 e. The highest BCUT2D eigenvalue weighted by molar-refractivity contribution is 7.47. The lowest BCUT2D eigenvalue weighted by atomic mass is 10.1. The molecule has 0 aromatic carbocycles. The molecule has 5 unspecified atom stereocenters. The van der Waals surface area contributed by atoms with Crippen molar-refractivity contribution in [1.82, 2.24) is 0 Å². The van der Waals surface area contributed by atoms with Crippen molar-refractivity contribution in [2.45, 2.75) is 329 Å². The topological polar surface area (TPSA) is 237 Å². The first kappa shape index (κ1) is 93.7. The maximum atomic E-state index is 13.1. The first-order valence-corrected chi connectivity index (χ1v) is 41.1. The van der Waals surface area contributed by atoms with Gasteiger partial charge in [0.2, 0.25) is 0 Å². The van der Waals surface area contributed by atoms with E-state index in [0.717, 1.165) is 193 Å². The van der Waals surface area contributed by atoms with E-state index in [-0.39, 0.29) is 25.7 Å². The number of esters is 4. The molecule has 0 aliphatic rings. The number of aliphatic hydroxyl groups is 1. The Bertz CT molecular complexity index is 2290. The van der Waals surface area contributed by atoms with Crippen molar-refractivity contribution in [2.75, 3.05) is 39.6 Å². The minimum Gasteiger partial charge on any atom is -0.462 e. The van der Waals surface area contributed by atoms with E-state index in [1.54, 1.807) is 0 Å². The van der Waals surface area contributed by atoms with Gasteiger partial charge in [0.25, 0.3) is 0 Å². The Labute approximate surface area is 594 Å². The van der Waals surface area contributed by atoms with Crippen LogP contribution in [0.15, 0.2) is 109 Å². The summed E-state index contributed by atoms with van der Waals surface area (Å²) >= 11 is 0. The van der Waals surface area contributed by atoms with Crippen LogP contribution in [0.25, 0.3) is 0 Å². The average Bonchev–Trinajstić information content (AvgIpc) is 0.973. The van der Waals surface area contributed by atoms with Crippen molar-refractivity contribution >= 4 is 39.5 Å². The highest BCUT2D eigenvalue weighted by atomic mass is 31.2. The van der Waals surface area contributed by atoms with E-state index in [2.05, 4.69) is 137 Å². The van der Waals surface area contributed by atoms with Gasteiger partial charge >= 0.3 is 39.5 Å². The number of rotatable bonds is 71. The normalized spacial score (nSPS) is 14.6. The molecule has 0 saturated heterocycles. The van der Waals surface area contributed by atoms with Gasteiger partial charge in [-0.3, -0.25) is 37.3 Å². The molecule has 0 spiro atoms. The van der Waals surface area contributed by atoms with Crippen LogP contribution in [0.1, 0.15) is 310 Å². The molecule has 564 valence electrons. The third-order valence-corrected chi connectivity index (χ3v) is 17.6. The summed E-state index contributed by atoms with van der Waals surface area (Å²) in [6.45, 7) is 4.55. The van der Waals surface area contributed by atoms with Gasteiger partial charge in [0.15, 0.2) is 12.2 Å². The highest BCUT2D eigenvalue weighted by Gasteiger charge is 2.30. The fourth-order valence-corrected chi connectivity index (χ4v) is 11.5. The number of carbonyl (C=O) groups excluding carboxylic acids is 4. The van der Waals surface area contributed by atoms with E-state index in [4.69, 9.17) is 37.0 Å². The van der Waals surface area contributed by atoms with Crippen molar-refractivity contribution in [2.24, 2.45) is 0 Å². The fourth-order valence-electron chi connectivity index (χ4n) is 9.91. The van der Waals surface area contributed by atoms with Crippen LogP contribution in [0.3, 0.4) is 0 Å². The third kappa shape index (κ3) is 70.2. The fraction of sp³-hybridized carbons (Fsp3) is 0.722. The monoisotopic (exact) mass is 1420 g/mol. The van der Waals surface area contributed by atoms with Crippen molar-refractivity contribution in [3.63, 3.8) is 0 Å². The summed E-state index contributed by atoms with van der Waals surface area (Å²) in [5.41, 5.74) is 0. The van der Waals surface area contributed by atoms with Gasteiger partial charge in [0.05, 0.1) is 26.4 Å². The molecule has 0 aliphatic heterocycles. The Hall–Kier alpha value is -4.28. The van der Waals surface area contributed by atoms with E-state index >= 15 is 0 Å². The van der Waals surface area contributed by atoms with Crippen molar-refractivity contribution in [3.05, 3.63) is 109 Å². The highest BCUT2D eigenvalue weighted by Crippen LogP contribution is 2.45. The number of hydrogen-bond donors (Lipinski definition) is 3. The van der Waals surface area contributed by atoms with E-state index in [9.17, 15) is 43.2 Å². The summed E-state index contributed by atoms with van der Waals surface area (Å²) in [7, 11) is -9.96. The zero-order valence-electron chi connectivity index (χ0n) is 61.4. The molecule has 98 heavy (non-hydrogen) atoms. The Morgan fingerprint density at radius 2 is 0.541 bits per heavy atom. The summed E-state index contributed by atoms with van der Waals surface area (Å²) in [6, 6.07) is 0.